The first kappa shape index (κ1) is 33.4. The Morgan fingerprint density at radius 1 is 0.545 bits per heavy atom. The molecule has 0 aliphatic rings. The molecule has 4 heteroatoms. The van der Waals surface area contributed by atoms with Gasteiger partial charge in [-0.2, -0.15) is 0 Å². The SMILES string of the molecule is CC.CC.CC.CC.CCCOCCOCCOCCNC. The van der Waals surface area contributed by atoms with Crippen molar-refractivity contribution in [3.63, 3.8) is 0 Å². The molecule has 0 aromatic rings. The lowest BCUT2D eigenvalue weighted by atomic mass is 10.5. The van der Waals surface area contributed by atoms with E-state index in [9.17, 15) is 0 Å². The average molecular weight is 326 g/mol. The Labute approximate surface area is 142 Å². The van der Waals surface area contributed by atoms with Crippen molar-refractivity contribution in [2.45, 2.75) is 68.7 Å². The van der Waals surface area contributed by atoms with Crippen molar-refractivity contribution in [2.24, 2.45) is 0 Å². The van der Waals surface area contributed by atoms with E-state index in [1.807, 2.05) is 62.4 Å². The van der Waals surface area contributed by atoms with Gasteiger partial charge in [0.2, 0.25) is 0 Å². The second-order valence-electron chi connectivity index (χ2n) is 2.94. The molecule has 0 fully saturated rings. The highest BCUT2D eigenvalue weighted by Gasteiger charge is 1.90. The Morgan fingerprint density at radius 3 is 1.18 bits per heavy atom. The van der Waals surface area contributed by atoms with Crippen molar-refractivity contribution in [2.75, 3.05) is 53.2 Å². The fourth-order valence-electron chi connectivity index (χ4n) is 0.860. The van der Waals surface area contributed by atoms with Crippen molar-refractivity contribution in [1.82, 2.24) is 5.32 Å². The summed E-state index contributed by atoms with van der Waals surface area (Å²) in [6.45, 7) is 23.2. The maximum atomic E-state index is 5.29. The third-order valence-corrected chi connectivity index (χ3v) is 1.59. The molecule has 0 aliphatic carbocycles. The van der Waals surface area contributed by atoms with Crippen LogP contribution in [-0.4, -0.2) is 53.2 Å². The lowest BCUT2D eigenvalue weighted by Crippen LogP contribution is -2.16. The van der Waals surface area contributed by atoms with E-state index in [0.29, 0.717) is 26.4 Å². The molecule has 0 aromatic heterocycles. The van der Waals surface area contributed by atoms with Crippen molar-refractivity contribution in [3.8, 4) is 0 Å². The molecule has 22 heavy (non-hydrogen) atoms. The summed E-state index contributed by atoms with van der Waals surface area (Å²) in [4.78, 5) is 0. The van der Waals surface area contributed by atoms with Crippen molar-refractivity contribution < 1.29 is 14.2 Å². The zero-order chi connectivity index (χ0) is 18.5. The molecule has 0 heterocycles. The number of nitrogens with one attached hydrogen (secondary N) is 1. The molecule has 0 saturated heterocycles. The van der Waals surface area contributed by atoms with Gasteiger partial charge in [0, 0.05) is 13.2 Å². The molecule has 0 unspecified atom stereocenters. The second-order valence-corrected chi connectivity index (χ2v) is 2.94. The summed E-state index contributed by atoms with van der Waals surface area (Å²) in [5.41, 5.74) is 0. The molecule has 0 aromatic carbocycles. The van der Waals surface area contributed by atoms with E-state index in [0.717, 1.165) is 26.2 Å². The number of ether oxygens (including phenoxy) is 3. The van der Waals surface area contributed by atoms with Gasteiger partial charge in [0.1, 0.15) is 0 Å². The maximum Gasteiger partial charge on any atom is 0.0701 e. The largest absolute Gasteiger partial charge is 0.379 e. The summed E-state index contributed by atoms with van der Waals surface area (Å²) in [6, 6.07) is 0. The lowest BCUT2D eigenvalue weighted by molar-refractivity contribution is 0.0154. The van der Waals surface area contributed by atoms with E-state index in [4.69, 9.17) is 14.2 Å². The minimum absolute atomic E-state index is 0.652. The topological polar surface area (TPSA) is 39.7 Å². The van der Waals surface area contributed by atoms with Crippen LogP contribution in [0.5, 0.6) is 0 Å². The zero-order valence-corrected chi connectivity index (χ0v) is 17.4. The highest BCUT2D eigenvalue weighted by molar-refractivity contribution is 4.37. The fraction of sp³-hybridized carbons (Fsp3) is 1.00. The molecule has 0 amide bonds. The Kier molecular flexibility index (Phi) is 89.0. The van der Waals surface area contributed by atoms with Crippen LogP contribution < -0.4 is 5.32 Å². The van der Waals surface area contributed by atoms with E-state index in [1.165, 1.54) is 0 Å². The first-order valence-corrected chi connectivity index (χ1v) is 9.29. The molecule has 0 saturated carbocycles. The molecule has 0 spiro atoms. The third-order valence-electron chi connectivity index (χ3n) is 1.59. The van der Waals surface area contributed by atoms with Crippen LogP contribution in [0, 0.1) is 0 Å². The van der Waals surface area contributed by atoms with Gasteiger partial charge in [-0.3, -0.25) is 0 Å². The van der Waals surface area contributed by atoms with Gasteiger partial charge in [-0.25, -0.2) is 0 Å². The summed E-state index contributed by atoms with van der Waals surface area (Å²) in [5, 5.41) is 3.01. The molecule has 1 N–H and O–H groups in total. The molecule has 0 radical (unpaired) electrons. The Bertz CT molecular complexity index is 92.3. The van der Waals surface area contributed by atoms with Crippen LogP contribution >= 0.6 is 0 Å². The van der Waals surface area contributed by atoms with E-state index in [1.54, 1.807) is 0 Å². The minimum atomic E-state index is 0.652. The lowest BCUT2D eigenvalue weighted by Gasteiger charge is -2.05. The quantitative estimate of drug-likeness (QED) is 0.555. The highest BCUT2D eigenvalue weighted by atomic mass is 16.5. The van der Waals surface area contributed by atoms with E-state index in [-0.39, 0.29) is 0 Å². The van der Waals surface area contributed by atoms with Crippen LogP contribution in [-0.2, 0) is 14.2 Å². The standard InChI is InChI=1S/C10H23NO3.4C2H6/c1-3-5-12-7-9-14-10-8-13-6-4-11-2;4*1-2/h11H,3-10H2,1-2H3;4*1-2H3. The van der Waals surface area contributed by atoms with Crippen molar-refractivity contribution in [1.29, 1.82) is 0 Å². The molecule has 0 bridgehead atoms. The third kappa shape index (κ3) is 59.9. The molecule has 0 aliphatic heterocycles. The van der Waals surface area contributed by atoms with Gasteiger partial charge < -0.3 is 19.5 Å². The summed E-state index contributed by atoms with van der Waals surface area (Å²) < 4.78 is 15.8. The smallest absolute Gasteiger partial charge is 0.0701 e. The average Bonchev–Trinajstić information content (AvgIpc) is 2.63. The van der Waals surface area contributed by atoms with Crippen LogP contribution in [0.25, 0.3) is 0 Å². The first-order chi connectivity index (χ1) is 10.9. The minimum Gasteiger partial charge on any atom is -0.379 e. The van der Waals surface area contributed by atoms with Gasteiger partial charge in [-0.15, -0.1) is 0 Å². The maximum absolute atomic E-state index is 5.29. The summed E-state index contributed by atoms with van der Waals surface area (Å²) >= 11 is 0. The van der Waals surface area contributed by atoms with Gasteiger partial charge in [0.05, 0.1) is 33.0 Å². The van der Waals surface area contributed by atoms with Crippen LogP contribution in [0.2, 0.25) is 0 Å². The molecule has 0 rings (SSSR count). The summed E-state index contributed by atoms with van der Waals surface area (Å²) in [7, 11) is 1.91. The van der Waals surface area contributed by atoms with Gasteiger partial charge in [-0.05, 0) is 13.5 Å². The molecular formula is C18H47NO3. The van der Waals surface area contributed by atoms with Crippen molar-refractivity contribution in [3.05, 3.63) is 0 Å². The summed E-state index contributed by atoms with van der Waals surface area (Å²) in [5.74, 6) is 0. The predicted octanol–water partition coefficient (Wildman–Crippen LogP) is 4.77. The number of hydrogen-bond donors (Lipinski definition) is 1. The molecule has 0 atom stereocenters. The Hall–Kier alpha value is -0.160. The number of likely N-dealkylation sites (N-methyl/N-ethyl adjacent to an activating group) is 1. The second kappa shape index (κ2) is 58.5. The summed E-state index contributed by atoms with van der Waals surface area (Å²) in [6.07, 6.45) is 1.06. The Morgan fingerprint density at radius 2 is 0.864 bits per heavy atom. The fourth-order valence-corrected chi connectivity index (χ4v) is 0.860. The van der Waals surface area contributed by atoms with Gasteiger partial charge in [0.25, 0.3) is 0 Å². The van der Waals surface area contributed by atoms with Crippen molar-refractivity contribution >= 4 is 0 Å². The zero-order valence-electron chi connectivity index (χ0n) is 17.4. The van der Waals surface area contributed by atoms with E-state index < -0.39 is 0 Å². The predicted molar refractivity (Wildman–Crippen MR) is 102 cm³/mol. The molecule has 142 valence electrons. The van der Waals surface area contributed by atoms with Crippen LogP contribution in [0.15, 0.2) is 0 Å². The highest BCUT2D eigenvalue weighted by Crippen LogP contribution is 1.82. The van der Waals surface area contributed by atoms with Gasteiger partial charge in [0.15, 0.2) is 0 Å². The number of rotatable bonds is 11. The first-order valence-electron chi connectivity index (χ1n) is 9.29. The van der Waals surface area contributed by atoms with E-state index in [2.05, 4.69) is 12.2 Å². The van der Waals surface area contributed by atoms with Gasteiger partial charge in [-0.1, -0.05) is 62.3 Å². The van der Waals surface area contributed by atoms with Crippen LogP contribution in [0.4, 0.5) is 0 Å². The Balaban J connectivity index is -0.000000103. The van der Waals surface area contributed by atoms with Crippen LogP contribution in [0.3, 0.4) is 0 Å². The monoisotopic (exact) mass is 325 g/mol. The van der Waals surface area contributed by atoms with Crippen LogP contribution in [0.1, 0.15) is 68.7 Å². The van der Waals surface area contributed by atoms with E-state index >= 15 is 0 Å². The molecular weight excluding hydrogens is 278 g/mol. The normalized spacial score (nSPS) is 7.91. The molecule has 4 nitrogen and oxygen atoms in total. The van der Waals surface area contributed by atoms with Gasteiger partial charge >= 0.3 is 0 Å². The number of hydrogen-bond acceptors (Lipinski definition) is 4.